The summed E-state index contributed by atoms with van der Waals surface area (Å²) in [5.41, 5.74) is 1.45. The molecule has 2 heterocycles. The lowest BCUT2D eigenvalue weighted by atomic mass is 9.95. The third-order valence-corrected chi connectivity index (χ3v) is 7.12. The second-order valence-corrected chi connectivity index (χ2v) is 9.54. The fraction of sp³-hybridized carbons (Fsp3) is 0.385. The van der Waals surface area contributed by atoms with Crippen LogP contribution in [0, 0.1) is 0 Å². The van der Waals surface area contributed by atoms with E-state index < -0.39 is 6.04 Å². The van der Waals surface area contributed by atoms with E-state index in [0.717, 1.165) is 36.3 Å². The van der Waals surface area contributed by atoms with Gasteiger partial charge in [0, 0.05) is 29.9 Å². The molecule has 6 nitrogen and oxygen atoms in total. The summed E-state index contributed by atoms with van der Waals surface area (Å²) in [6.45, 7) is 0. The van der Waals surface area contributed by atoms with Gasteiger partial charge < -0.3 is 14.6 Å². The van der Waals surface area contributed by atoms with E-state index in [1.807, 2.05) is 71.7 Å². The summed E-state index contributed by atoms with van der Waals surface area (Å²) in [5.74, 6) is 0.443. The van der Waals surface area contributed by atoms with Crippen LogP contribution in [0.1, 0.15) is 48.7 Å². The first kappa shape index (κ1) is 23.1. The van der Waals surface area contributed by atoms with Crippen molar-refractivity contribution >= 4 is 28.8 Å². The van der Waals surface area contributed by atoms with Crippen LogP contribution >= 0.6 is 11.3 Å². The number of benzene rings is 1. The number of carbonyl (C=O) groups excluding carboxylic acids is 2. The topological polar surface area (TPSA) is 63.6 Å². The van der Waals surface area contributed by atoms with E-state index in [4.69, 9.17) is 4.74 Å². The highest BCUT2D eigenvalue weighted by Gasteiger charge is 2.35. The smallest absolute Gasteiger partial charge is 0.249 e. The van der Waals surface area contributed by atoms with Crippen molar-refractivity contribution in [2.24, 2.45) is 7.05 Å². The number of rotatable bonds is 8. The van der Waals surface area contributed by atoms with Gasteiger partial charge in [-0.1, -0.05) is 25.3 Å². The maximum Gasteiger partial charge on any atom is 0.249 e. The van der Waals surface area contributed by atoms with E-state index in [1.54, 1.807) is 23.3 Å². The lowest BCUT2D eigenvalue weighted by molar-refractivity contribution is -0.127. The van der Waals surface area contributed by atoms with Crippen molar-refractivity contribution in [1.29, 1.82) is 0 Å². The minimum absolute atomic E-state index is 0.118. The van der Waals surface area contributed by atoms with Gasteiger partial charge in [-0.2, -0.15) is 0 Å². The number of amides is 2. The van der Waals surface area contributed by atoms with E-state index in [0.29, 0.717) is 11.4 Å². The number of nitrogens with one attached hydrogen (secondary N) is 1. The number of hydrogen-bond donors (Lipinski definition) is 1. The average molecular weight is 466 g/mol. The van der Waals surface area contributed by atoms with Gasteiger partial charge in [-0.3, -0.25) is 14.5 Å². The van der Waals surface area contributed by atoms with Gasteiger partial charge in [0.1, 0.15) is 5.75 Å². The van der Waals surface area contributed by atoms with Crippen LogP contribution in [-0.4, -0.2) is 29.5 Å². The molecule has 7 heteroatoms. The highest BCUT2D eigenvalue weighted by atomic mass is 32.1. The van der Waals surface area contributed by atoms with Gasteiger partial charge in [-0.25, -0.2) is 0 Å². The molecule has 174 valence electrons. The number of aryl methyl sites for hydroxylation is 1. The Bertz CT molecular complexity index is 1050. The minimum Gasteiger partial charge on any atom is -0.497 e. The number of anilines is 1. The number of aromatic nitrogens is 1. The van der Waals surface area contributed by atoms with Gasteiger partial charge in [0.2, 0.25) is 11.8 Å². The Morgan fingerprint density at radius 1 is 1.12 bits per heavy atom. The number of ether oxygens (including phenoxy) is 1. The van der Waals surface area contributed by atoms with Gasteiger partial charge in [-0.15, -0.1) is 11.3 Å². The summed E-state index contributed by atoms with van der Waals surface area (Å²) in [6.07, 6.45) is 7.57. The van der Waals surface area contributed by atoms with Gasteiger partial charge in [-0.05, 0) is 60.7 Å². The number of nitrogens with zero attached hydrogens (tertiary/aromatic N) is 2. The summed E-state index contributed by atoms with van der Waals surface area (Å²) >= 11 is 1.55. The van der Waals surface area contributed by atoms with Crippen molar-refractivity contribution in [3.8, 4) is 5.75 Å². The molecule has 0 spiro atoms. The van der Waals surface area contributed by atoms with Crippen molar-refractivity contribution in [2.75, 3.05) is 12.0 Å². The average Bonchev–Trinajstić information content (AvgIpc) is 3.49. The predicted molar refractivity (Wildman–Crippen MR) is 132 cm³/mol. The first-order chi connectivity index (χ1) is 16.1. The molecular weight excluding hydrogens is 434 g/mol. The number of thiophene rings is 1. The van der Waals surface area contributed by atoms with E-state index in [-0.39, 0.29) is 24.3 Å². The van der Waals surface area contributed by atoms with Crippen LogP contribution < -0.4 is 15.0 Å². The summed E-state index contributed by atoms with van der Waals surface area (Å²) in [4.78, 5) is 30.1. The van der Waals surface area contributed by atoms with Crippen molar-refractivity contribution < 1.29 is 14.3 Å². The van der Waals surface area contributed by atoms with E-state index in [2.05, 4.69) is 5.32 Å². The van der Waals surface area contributed by atoms with Gasteiger partial charge in [0.05, 0.1) is 19.2 Å². The Hall–Kier alpha value is -3.06. The second kappa shape index (κ2) is 10.7. The molecule has 2 amide bonds. The molecule has 1 N–H and O–H groups in total. The molecule has 1 saturated carbocycles. The van der Waals surface area contributed by atoms with Gasteiger partial charge >= 0.3 is 0 Å². The summed E-state index contributed by atoms with van der Waals surface area (Å²) in [7, 11) is 3.52. The Morgan fingerprint density at radius 3 is 2.48 bits per heavy atom. The second-order valence-electron chi connectivity index (χ2n) is 8.51. The molecule has 1 atom stereocenters. The Kier molecular flexibility index (Phi) is 7.50. The summed E-state index contributed by atoms with van der Waals surface area (Å²) < 4.78 is 7.23. The quantitative estimate of drug-likeness (QED) is 0.517. The molecule has 1 fully saturated rings. The van der Waals surface area contributed by atoms with Crippen LogP contribution in [0.15, 0.2) is 60.1 Å². The molecule has 0 aliphatic heterocycles. The van der Waals surface area contributed by atoms with Gasteiger partial charge in [0.15, 0.2) is 6.04 Å². The molecule has 0 unspecified atom stereocenters. The van der Waals surface area contributed by atoms with E-state index in [1.165, 1.54) is 6.42 Å². The van der Waals surface area contributed by atoms with Crippen LogP contribution in [0.4, 0.5) is 5.69 Å². The largest absolute Gasteiger partial charge is 0.497 e. The van der Waals surface area contributed by atoms with Crippen LogP contribution in [0.2, 0.25) is 0 Å². The van der Waals surface area contributed by atoms with Gasteiger partial charge in [0.25, 0.3) is 0 Å². The summed E-state index contributed by atoms with van der Waals surface area (Å²) in [5, 5.41) is 5.22. The molecule has 3 aromatic rings. The zero-order valence-corrected chi connectivity index (χ0v) is 20.0. The molecule has 2 aromatic heterocycles. The first-order valence-corrected chi connectivity index (χ1v) is 12.3. The van der Waals surface area contributed by atoms with Crippen molar-refractivity contribution in [3.63, 3.8) is 0 Å². The Labute approximate surface area is 199 Å². The molecular formula is C26H31N3O3S. The van der Waals surface area contributed by atoms with Crippen LogP contribution in [0.5, 0.6) is 5.75 Å². The molecule has 1 aliphatic rings. The van der Waals surface area contributed by atoms with Crippen molar-refractivity contribution in [3.05, 3.63) is 70.7 Å². The van der Waals surface area contributed by atoms with Crippen molar-refractivity contribution in [1.82, 2.24) is 9.88 Å². The highest BCUT2D eigenvalue weighted by Crippen LogP contribution is 2.31. The maximum absolute atomic E-state index is 13.8. The third-order valence-electron chi connectivity index (χ3n) is 6.25. The lowest BCUT2D eigenvalue weighted by Gasteiger charge is -2.33. The molecule has 0 saturated heterocycles. The molecule has 4 rings (SSSR count). The zero-order valence-electron chi connectivity index (χ0n) is 19.2. The summed E-state index contributed by atoms with van der Waals surface area (Å²) in [6, 6.07) is 14.4. The fourth-order valence-corrected chi connectivity index (χ4v) is 5.19. The van der Waals surface area contributed by atoms with E-state index >= 15 is 0 Å². The molecule has 0 bridgehead atoms. The fourth-order valence-electron chi connectivity index (χ4n) is 4.50. The number of hydrogen-bond acceptors (Lipinski definition) is 4. The maximum atomic E-state index is 13.8. The number of carbonyl (C=O) groups is 2. The standard InChI is InChI=1S/C26H31N3O3S/c1-28-16-6-11-23(28)25(26(31)27-19-8-4-3-5-9-19)29(20-12-14-21(32-2)15-13-20)24(30)18-22-10-7-17-33-22/h6-7,10-17,19,25H,3-5,8-9,18H2,1-2H3,(H,27,31)/t25-/m0/s1. The predicted octanol–water partition coefficient (Wildman–Crippen LogP) is 4.86. The van der Waals surface area contributed by atoms with Crippen LogP contribution in [0.3, 0.4) is 0 Å². The lowest BCUT2D eigenvalue weighted by Crippen LogP contribution is -2.48. The van der Waals surface area contributed by atoms with Crippen molar-refractivity contribution in [2.45, 2.75) is 50.6 Å². The highest BCUT2D eigenvalue weighted by molar-refractivity contribution is 7.10. The monoisotopic (exact) mass is 465 g/mol. The normalized spacial score (nSPS) is 15.1. The van der Waals surface area contributed by atoms with Crippen LogP contribution in [0.25, 0.3) is 0 Å². The molecule has 33 heavy (non-hydrogen) atoms. The zero-order chi connectivity index (χ0) is 23.2. The Balaban J connectivity index is 1.73. The number of methoxy groups -OCH3 is 1. The Morgan fingerprint density at radius 2 is 1.88 bits per heavy atom. The van der Waals surface area contributed by atoms with E-state index in [9.17, 15) is 9.59 Å². The first-order valence-electron chi connectivity index (χ1n) is 11.5. The molecule has 0 radical (unpaired) electrons. The SMILES string of the molecule is COc1ccc(N(C(=O)Cc2cccs2)[C@H](C(=O)NC2CCCCC2)c2cccn2C)cc1. The third kappa shape index (κ3) is 5.47. The molecule has 1 aliphatic carbocycles. The molecule has 1 aromatic carbocycles. The minimum atomic E-state index is -0.771. The van der Waals surface area contributed by atoms with Crippen LogP contribution in [-0.2, 0) is 23.1 Å².